The summed E-state index contributed by atoms with van der Waals surface area (Å²) >= 11 is 0. The van der Waals surface area contributed by atoms with E-state index in [-0.39, 0.29) is 24.3 Å². The standard InChI is InChI=1S/C11H13NO4/c1-3-15-10(13)8-5-9(7-12-6-8)11(14)16-4-2/h5-7H,3-4H2,1-2H3. The number of hydrogen-bond donors (Lipinski definition) is 0. The van der Waals surface area contributed by atoms with E-state index in [0.29, 0.717) is 0 Å². The summed E-state index contributed by atoms with van der Waals surface area (Å²) in [5, 5.41) is 0. The van der Waals surface area contributed by atoms with Gasteiger partial charge in [0.25, 0.3) is 0 Å². The number of aromatic nitrogens is 1. The zero-order chi connectivity index (χ0) is 12.0. The first-order valence-electron chi connectivity index (χ1n) is 4.98. The number of nitrogens with zero attached hydrogens (tertiary/aromatic N) is 1. The Labute approximate surface area is 93.4 Å². The van der Waals surface area contributed by atoms with Crippen LogP contribution in [0.25, 0.3) is 0 Å². The van der Waals surface area contributed by atoms with E-state index in [2.05, 4.69) is 4.98 Å². The molecule has 5 nitrogen and oxygen atoms in total. The average Bonchev–Trinajstić information content (AvgIpc) is 2.30. The number of ether oxygens (including phenoxy) is 2. The first kappa shape index (κ1) is 12.2. The van der Waals surface area contributed by atoms with Crippen molar-refractivity contribution in [3.8, 4) is 0 Å². The third-order valence-corrected chi connectivity index (χ3v) is 1.76. The predicted molar refractivity (Wildman–Crippen MR) is 56.2 cm³/mol. The molecule has 16 heavy (non-hydrogen) atoms. The minimum absolute atomic E-state index is 0.243. The summed E-state index contributed by atoms with van der Waals surface area (Å²) in [5.74, 6) is -0.998. The lowest BCUT2D eigenvalue weighted by molar-refractivity contribution is 0.0524. The normalized spacial score (nSPS) is 9.62. The molecule has 0 amide bonds. The van der Waals surface area contributed by atoms with E-state index in [1.807, 2.05) is 0 Å². The fourth-order valence-electron chi connectivity index (χ4n) is 1.09. The molecule has 0 unspecified atom stereocenters. The van der Waals surface area contributed by atoms with Gasteiger partial charge in [-0.15, -0.1) is 0 Å². The van der Waals surface area contributed by atoms with Crippen LogP contribution in [0.2, 0.25) is 0 Å². The fourth-order valence-corrected chi connectivity index (χ4v) is 1.09. The number of rotatable bonds is 4. The highest BCUT2D eigenvalue weighted by atomic mass is 16.5. The zero-order valence-electron chi connectivity index (χ0n) is 9.23. The van der Waals surface area contributed by atoms with Crippen LogP contribution in [-0.2, 0) is 9.47 Å². The van der Waals surface area contributed by atoms with Crippen LogP contribution in [0.4, 0.5) is 0 Å². The summed E-state index contributed by atoms with van der Waals surface area (Å²) in [6.07, 6.45) is 2.70. The second-order valence-electron chi connectivity index (χ2n) is 2.90. The topological polar surface area (TPSA) is 65.5 Å². The van der Waals surface area contributed by atoms with Crippen molar-refractivity contribution in [2.24, 2.45) is 0 Å². The average molecular weight is 223 g/mol. The number of carbonyl (C=O) groups excluding carboxylic acids is 2. The van der Waals surface area contributed by atoms with E-state index in [1.54, 1.807) is 13.8 Å². The molecule has 1 aromatic rings. The molecule has 0 spiro atoms. The van der Waals surface area contributed by atoms with Gasteiger partial charge in [-0.25, -0.2) is 9.59 Å². The van der Waals surface area contributed by atoms with Crippen LogP contribution in [0.15, 0.2) is 18.5 Å². The maximum Gasteiger partial charge on any atom is 0.339 e. The molecule has 0 aliphatic heterocycles. The van der Waals surface area contributed by atoms with E-state index in [0.717, 1.165) is 0 Å². The summed E-state index contributed by atoms with van der Waals surface area (Å²) in [6, 6.07) is 1.41. The Bertz CT molecular complexity index is 356. The summed E-state index contributed by atoms with van der Waals surface area (Å²) in [6.45, 7) is 3.98. The lowest BCUT2D eigenvalue weighted by Gasteiger charge is -2.04. The van der Waals surface area contributed by atoms with E-state index in [9.17, 15) is 9.59 Å². The SMILES string of the molecule is CCOC(=O)c1cncc(C(=O)OCC)c1. The van der Waals surface area contributed by atoms with Crippen LogP contribution < -0.4 is 0 Å². The Hall–Kier alpha value is -1.91. The van der Waals surface area contributed by atoms with Crippen LogP contribution in [0.5, 0.6) is 0 Å². The van der Waals surface area contributed by atoms with Gasteiger partial charge in [0, 0.05) is 12.4 Å². The molecule has 0 N–H and O–H groups in total. The fraction of sp³-hybridized carbons (Fsp3) is 0.364. The van der Waals surface area contributed by atoms with Crippen molar-refractivity contribution in [3.63, 3.8) is 0 Å². The van der Waals surface area contributed by atoms with Gasteiger partial charge in [-0.2, -0.15) is 0 Å². The van der Waals surface area contributed by atoms with Gasteiger partial charge in [0.05, 0.1) is 24.3 Å². The molecule has 1 rings (SSSR count). The minimum Gasteiger partial charge on any atom is -0.462 e. The van der Waals surface area contributed by atoms with Crippen molar-refractivity contribution in [2.45, 2.75) is 13.8 Å². The Morgan fingerprint density at radius 2 is 1.50 bits per heavy atom. The summed E-state index contributed by atoms with van der Waals surface area (Å²) in [4.78, 5) is 26.5. The molecule has 5 heteroatoms. The Balaban J connectivity index is 2.86. The second-order valence-corrected chi connectivity index (χ2v) is 2.90. The van der Waals surface area contributed by atoms with E-state index >= 15 is 0 Å². The molecule has 0 fully saturated rings. The maximum absolute atomic E-state index is 11.4. The van der Waals surface area contributed by atoms with Crippen LogP contribution >= 0.6 is 0 Å². The molecule has 1 heterocycles. The van der Waals surface area contributed by atoms with Gasteiger partial charge in [0.1, 0.15) is 0 Å². The highest BCUT2D eigenvalue weighted by molar-refractivity contribution is 5.94. The highest BCUT2D eigenvalue weighted by Gasteiger charge is 2.12. The number of pyridine rings is 1. The third kappa shape index (κ3) is 3.05. The smallest absolute Gasteiger partial charge is 0.339 e. The van der Waals surface area contributed by atoms with Crippen molar-refractivity contribution in [3.05, 3.63) is 29.6 Å². The van der Waals surface area contributed by atoms with E-state index < -0.39 is 11.9 Å². The van der Waals surface area contributed by atoms with Crippen molar-refractivity contribution >= 4 is 11.9 Å². The molecule has 0 saturated carbocycles. The summed E-state index contributed by atoms with van der Waals surface area (Å²) < 4.78 is 9.58. The molecule has 86 valence electrons. The third-order valence-electron chi connectivity index (χ3n) is 1.76. The molecular formula is C11H13NO4. The lowest BCUT2D eigenvalue weighted by Crippen LogP contribution is -2.09. The molecule has 0 saturated heterocycles. The van der Waals surface area contributed by atoms with Crippen LogP contribution in [-0.4, -0.2) is 30.1 Å². The van der Waals surface area contributed by atoms with Gasteiger partial charge in [-0.1, -0.05) is 0 Å². The molecule has 0 aliphatic carbocycles. The van der Waals surface area contributed by atoms with Gasteiger partial charge >= 0.3 is 11.9 Å². The zero-order valence-corrected chi connectivity index (χ0v) is 9.23. The van der Waals surface area contributed by atoms with Crippen molar-refractivity contribution in [1.82, 2.24) is 4.98 Å². The molecular weight excluding hydrogens is 210 g/mol. The summed E-state index contributed by atoms with van der Waals surface area (Å²) in [7, 11) is 0. The van der Waals surface area contributed by atoms with Crippen LogP contribution in [0, 0.1) is 0 Å². The first-order valence-corrected chi connectivity index (χ1v) is 4.98. The van der Waals surface area contributed by atoms with Gasteiger partial charge in [-0.05, 0) is 19.9 Å². The van der Waals surface area contributed by atoms with E-state index in [1.165, 1.54) is 18.5 Å². The van der Waals surface area contributed by atoms with Gasteiger partial charge in [0.15, 0.2) is 0 Å². The van der Waals surface area contributed by atoms with E-state index in [4.69, 9.17) is 9.47 Å². The van der Waals surface area contributed by atoms with Gasteiger partial charge < -0.3 is 9.47 Å². The Kier molecular flexibility index (Phi) is 4.44. The lowest BCUT2D eigenvalue weighted by atomic mass is 10.2. The molecule has 1 aromatic heterocycles. The number of esters is 2. The molecule has 0 atom stereocenters. The first-order chi connectivity index (χ1) is 7.69. The summed E-state index contributed by atoms with van der Waals surface area (Å²) in [5.41, 5.74) is 0.486. The van der Waals surface area contributed by atoms with Crippen LogP contribution in [0.1, 0.15) is 34.6 Å². The molecule has 0 aliphatic rings. The van der Waals surface area contributed by atoms with Gasteiger partial charge in [0.2, 0.25) is 0 Å². The van der Waals surface area contributed by atoms with Gasteiger partial charge in [-0.3, -0.25) is 4.98 Å². The largest absolute Gasteiger partial charge is 0.462 e. The number of hydrogen-bond acceptors (Lipinski definition) is 5. The predicted octanol–water partition coefficient (Wildman–Crippen LogP) is 1.44. The number of carbonyl (C=O) groups is 2. The maximum atomic E-state index is 11.4. The minimum atomic E-state index is -0.499. The van der Waals surface area contributed by atoms with Crippen molar-refractivity contribution in [2.75, 3.05) is 13.2 Å². The monoisotopic (exact) mass is 223 g/mol. The second kappa shape index (κ2) is 5.85. The van der Waals surface area contributed by atoms with Crippen LogP contribution in [0.3, 0.4) is 0 Å². The Morgan fingerprint density at radius 3 is 1.88 bits per heavy atom. The Morgan fingerprint density at radius 1 is 1.06 bits per heavy atom. The van der Waals surface area contributed by atoms with Crippen molar-refractivity contribution < 1.29 is 19.1 Å². The molecule has 0 aromatic carbocycles. The molecule has 0 radical (unpaired) electrons. The quantitative estimate of drug-likeness (QED) is 0.722. The van der Waals surface area contributed by atoms with Crippen molar-refractivity contribution in [1.29, 1.82) is 0 Å². The molecule has 0 bridgehead atoms. The highest BCUT2D eigenvalue weighted by Crippen LogP contribution is 2.06.